The molecule has 0 saturated carbocycles. The van der Waals surface area contributed by atoms with E-state index in [0.29, 0.717) is 15.7 Å². The molecular weight excluding hydrogens is 365 g/mol. The number of halogens is 3. The highest BCUT2D eigenvalue weighted by Crippen LogP contribution is 2.29. The van der Waals surface area contributed by atoms with Crippen LogP contribution in [-0.2, 0) is 0 Å². The van der Waals surface area contributed by atoms with E-state index in [0.717, 1.165) is 4.47 Å². The molecule has 0 saturated heterocycles. The van der Waals surface area contributed by atoms with Crippen molar-refractivity contribution in [2.75, 3.05) is 0 Å². The summed E-state index contributed by atoms with van der Waals surface area (Å²) in [6.07, 6.45) is 1.38. The second-order valence-electron chi connectivity index (χ2n) is 3.56. The third-order valence-electron chi connectivity index (χ3n) is 2.24. The monoisotopic (exact) mass is 371 g/mol. The van der Waals surface area contributed by atoms with E-state index in [4.69, 9.17) is 0 Å². The number of rotatable bonds is 2. The van der Waals surface area contributed by atoms with Gasteiger partial charge in [0.2, 0.25) is 0 Å². The molecule has 0 aliphatic rings. The molecule has 2 aromatic carbocycles. The van der Waals surface area contributed by atoms with E-state index in [2.05, 4.69) is 36.9 Å². The highest BCUT2D eigenvalue weighted by atomic mass is 79.9. The second kappa shape index (κ2) is 5.63. The van der Waals surface area contributed by atoms with Crippen molar-refractivity contribution >= 4 is 43.8 Å². The molecular formula is C13H8Br2FNO. The Kier molecular flexibility index (Phi) is 4.14. The Balaban J connectivity index is 2.32. The van der Waals surface area contributed by atoms with Gasteiger partial charge in [-0.25, -0.2) is 4.39 Å². The van der Waals surface area contributed by atoms with Gasteiger partial charge in [0, 0.05) is 20.7 Å². The fourth-order valence-electron chi connectivity index (χ4n) is 1.35. The number of aromatic hydroxyl groups is 1. The van der Waals surface area contributed by atoms with Crippen LogP contribution in [0.15, 0.2) is 50.3 Å². The molecule has 0 radical (unpaired) electrons. The van der Waals surface area contributed by atoms with Gasteiger partial charge in [-0.1, -0.05) is 31.9 Å². The van der Waals surface area contributed by atoms with E-state index >= 15 is 0 Å². The first kappa shape index (κ1) is 13.2. The highest BCUT2D eigenvalue weighted by molar-refractivity contribution is 9.10. The number of benzene rings is 2. The average Bonchev–Trinajstić information content (AvgIpc) is 2.32. The maximum absolute atomic E-state index is 13.5. The molecule has 0 atom stereocenters. The first-order chi connectivity index (χ1) is 8.56. The minimum absolute atomic E-state index is 0.0481. The zero-order chi connectivity index (χ0) is 13.1. The van der Waals surface area contributed by atoms with Gasteiger partial charge < -0.3 is 5.11 Å². The number of hydrogen-bond donors (Lipinski definition) is 1. The number of phenols is 1. The molecule has 0 aromatic heterocycles. The Labute approximate surface area is 120 Å². The van der Waals surface area contributed by atoms with Crippen molar-refractivity contribution < 1.29 is 9.50 Å². The smallest absolute Gasteiger partial charge is 0.141 e. The molecule has 18 heavy (non-hydrogen) atoms. The molecule has 0 spiro atoms. The van der Waals surface area contributed by atoms with E-state index in [-0.39, 0.29) is 11.6 Å². The minimum Gasteiger partial charge on any atom is -0.506 e. The van der Waals surface area contributed by atoms with Gasteiger partial charge in [0.25, 0.3) is 0 Å². The van der Waals surface area contributed by atoms with Crippen LogP contribution in [0.4, 0.5) is 10.1 Å². The Morgan fingerprint density at radius 1 is 1.06 bits per heavy atom. The SMILES string of the molecule is Oc1ccc(Br)cc1N=Cc1ccc(Br)cc1F. The lowest BCUT2D eigenvalue weighted by atomic mass is 10.2. The van der Waals surface area contributed by atoms with Crippen LogP contribution in [0.3, 0.4) is 0 Å². The summed E-state index contributed by atoms with van der Waals surface area (Å²) in [5.74, 6) is -0.324. The minimum atomic E-state index is -0.373. The fourth-order valence-corrected chi connectivity index (χ4v) is 2.03. The number of nitrogens with zero attached hydrogens (tertiary/aromatic N) is 1. The summed E-state index contributed by atoms with van der Waals surface area (Å²) in [5.41, 5.74) is 0.740. The van der Waals surface area contributed by atoms with E-state index in [1.165, 1.54) is 18.3 Å². The van der Waals surface area contributed by atoms with E-state index < -0.39 is 0 Å². The zero-order valence-corrected chi connectivity index (χ0v) is 12.2. The lowest BCUT2D eigenvalue weighted by Crippen LogP contribution is -1.87. The molecule has 2 rings (SSSR count). The van der Waals surface area contributed by atoms with Gasteiger partial charge >= 0.3 is 0 Å². The molecule has 0 bridgehead atoms. The van der Waals surface area contributed by atoms with Crippen LogP contribution in [0.1, 0.15) is 5.56 Å². The van der Waals surface area contributed by atoms with Gasteiger partial charge in [0.05, 0.1) is 0 Å². The largest absolute Gasteiger partial charge is 0.506 e. The van der Waals surface area contributed by atoms with E-state index in [1.807, 2.05) is 0 Å². The molecule has 92 valence electrons. The standard InChI is InChI=1S/C13H8Br2FNO/c14-9-2-1-8(11(16)5-9)7-17-12-6-10(15)3-4-13(12)18/h1-7,18H. The summed E-state index contributed by atoms with van der Waals surface area (Å²) in [6.45, 7) is 0. The van der Waals surface area contributed by atoms with Gasteiger partial charge in [-0.05, 0) is 36.4 Å². The second-order valence-corrected chi connectivity index (χ2v) is 5.39. The Morgan fingerprint density at radius 3 is 2.44 bits per heavy atom. The molecule has 0 amide bonds. The molecule has 0 heterocycles. The van der Waals surface area contributed by atoms with Gasteiger partial charge in [0.15, 0.2) is 0 Å². The first-order valence-corrected chi connectivity index (χ1v) is 6.62. The van der Waals surface area contributed by atoms with Crippen molar-refractivity contribution in [1.29, 1.82) is 0 Å². The van der Waals surface area contributed by atoms with Crippen molar-refractivity contribution in [3.63, 3.8) is 0 Å². The number of phenolic OH excluding ortho intramolecular Hbond substituents is 1. The lowest BCUT2D eigenvalue weighted by Gasteiger charge is -2.00. The van der Waals surface area contributed by atoms with Gasteiger partial charge in [-0.15, -0.1) is 0 Å². The summed E-state index contributed by atoms with van der Waals surface area (Å²) < 4.78 is 15.0. The van der Waals surface area contributed by atoms with Crippen molar-refractivity contribution in [2.24, 2.45) is 4.99 Å². The molecule has 1 N–H and O–H groups in total. The maximum Gasteiger partial charge on any atom is 0.141 e. The fraction of sp³-hybridized carbons (Fsp3) is 0. The molecule has 2 nitrogen and oxygen atoms in total. The molecule has 0 aliphatic heterocycles. The summed E-state index contributed by atoms with van der Waals surface area (Å²) in [4.78, 5) is 4.07. The quantitative estimate of drug-likeness (QED) is 0.754. The summed E-state index contributed by atoms with van der Waals surface area (Å²) >= 11 is 6.46. The predicted octanol–water partition coefficient (Wildman–Crippen LogP) is 4.81. The van der Waals surface area contributed by atoms with Crippen LogP contribution >= 0.6 is 31.9 Å². The van der Waals surface area contributed by atoms with Gasteiger partial charge in [-0.2, -0.15) is 0 Å². The molecule has 0 unspecified atom stereocenters. The van der Waals surface area contributed by atoms with Crippen molar-refractivity contribution in [1.82, 2.24) is 0 Å². The van der Waals surface area contributed by atoms with Crippen LogP contribution in [0.2, 0.25) is 0 Å². The zero-order valence-electron chi connectivity index (χ0n) is 9.07. The predicted molar refractivity (Wildman–Crippen MR) is 77.2 cm³/mol. The van der Waals surface area contributed by atoms with Crippen LogP contribution in [-0.4, -0.2) is 11.3 Å². The Bertz CT molecular complexity index is 614. The first-order valence-electron chi connectivity index (χ1n) is 5.04. The van der Waals surface area contributed by atoms with Crippen LogP contribution in [0.25, 0.3) is 0 Å². The van der Waals surface area contributed by atoms with Crippen molar-refractivity contribution in [3.8, 4) is 5.75 Å². The van der Waals surface area contributed by atoms with Crippen molar-refractivity contribution in [2.45, 2.75) is 0 Å². The van der Waals surface area contributed by atoms with Gasteiger partial charge in [0.1, 0.15) is 17.3 Å². The third-order valence-corrected chi connectivity index (χ3v) is 3.23. The summed E-state index contributed by atoms with van der Waals surface area (Å²) in [7, 11) is 0. The molecule has 5 heteroatoms. The topological polar surface area (TPSA) is 32.6 Å². The van der Waals surface area contributed by atoms with Crippen LogP contribution in [0.5, 0.6) is 5.75 Å². The molecule has 0 aliphatic carbocycles. The van der Waals surface area contributed by atoms with Crippen LogP contribution < -0.4 is 0 Å². The Morgan fingerprint density at radius 2 is 1.72 bits per heavy atom. The maximum atomic E-state index is 13.5. The average molecular weight is 373 g/mol. The van der Waals surface area contributed by atoms with Crippen molar-refractivity contribution in [3.05, 3.63) is 56.7 Å². The lowest BCUT2D eigenvalue weighted by molar-refractivity contribution is 0.477. The normalized spacial score (nSPS) is 11.1. The molecule has 2 aromatic rings. The van der Waals surface area contributed by atoms with E-state index in [1.54, 1.807) is 24.3 Å². The van der Waals surface area contributed by atoms with Gasteiger partial charge in [-0.3, -0.25) is 4.99 Å². The third kappa shape index (κ3) is 3.17. The molecule has 0 fully saturated rings. The number of aliphatic imine (C=N–C) groups is 1. The summed E-state index contributed by atoms with van der Waals surface area (Å²) in [5, 5.41) is 9.59. The summed E-state index contributed by atoms with van der Waals surface area (Å²) in [6, 6.07) is 9.58. The Hall–Kier alpha value is -1.20. The highest BCUT2D eigenvalue weighted by Gasteiger charge is 2.02. The van der Waals surface area contributed by atoms with E-state index in [9.17, 15) is 9.50 Å². The van der Waals surface area contributed by atoms with Crippen LogP contribution in [0, 0.1) is 5.82 Å². The number of hydrogen-bond acceptors (Lipinski definition) is 2.